The van der Waals surface area contributed by atoms with Gasteiger partial charge in [0.2, 0.25) is 0 Å². The van der Waals surface area contributed by atoms with Crippen LogP contribution in [0.15, 0.2) is 0 Å². The van der Waals surface area contributed by atoms with E-state index < -0.39 is 12.2 Å². The summed E-state index contributed by atoms with van der Waals surface area (Å²) >= 11 is 2.17. The molecule has 0 aromatic heterocycles. The molecule has 4 heteroatoms. The van der Waals surface area contributed by atoms with Crippen LogP contribution >= 0.6 is 22.9 Å². The summed E-state index contributed by atoms with van der Waals surface area (Å²) in [5.41, 5.74) is 0. The molecule has 3 atom stereocenters. The molecule has 0 spiro atoms. The highest BCUT2D eigenvalue weighted by molar-refractivity contribution is 14.1. The van der Waals surface area contributed by atoms with Crippen molar-refractivity contribution in [3.05, 3.63) is 0 Å². The summed E-state index contributed by atoms with van der Waals surface area (Å²) in [7, 11) is 0. The Bertz CT molecular complexity index is 108. The van der Waals surface area contributed by atoms with Crippen molar-refractivity contribution < 1.29 is 10.2 Å². The van der Waals surface area contributed by atoms with Gasteiger partial charge in [0.15, 0.2) is 0 Å². The Hall–Kier alpha value is 0.610. The second-order valence-electron chi connectivity index (χ2n) is 2.71. The third-order valence-electron chi connectivity index (χ3n) is 1.97. The number of hydrogen-bond acceptors (Lipinski definition) is 3. The van der Waals surface area contributed by atoms with Crippen LogP contribution in [0.2, 0.25) is 0 Å². The van der Waals surface area contributed by atoms with Crippen LogP contribution in [0.3, 0.4) is 0 Å². The average Bonchev–Trinajstić information content (AvgIpc) is 1.93. The molecule has 1 rings (SSSR count). The lowest BCUT2D eigenvalue weighted by molar-refractivity contribution is -0.0402. The van der Waals surface area contributed by atoms with Gasteiger partial charge in [-0.2, -0.15) is 0 Å². The molecular formula is C6H12INO2. The van der Waals surface area contributed by atoms with Gasteiger partial charge in [0, 0.05) is 35.5 Å². The fourth-order valence-electron chi connectivity index (χ4n) is 1.12. The van der Waals surface area contributed by atoms with E-state index in [0.717, 1.165) is 6.54 Å². The van der Waals surface area contributed by atoms with E-state index in [9.17, 15) is 10.2 Å². The van der Waals surface area contributed by atoms with Crippen LogP contribution in [0.4, 0.5) is 0 Å². The molecule has 1 fully saturated rings. The maximum atomic E-state index is 9.32. The number of nitrogens with zero attached hydrogens (tertiary/aromatic N) is 1. The topological polar surface area (TPSA) is 43.7 Å². The monoisotopic (exact) mass is 257 g/mol. The maximum absolute atomic E-state index is 9.32. The lowest BCUT2D eigenvalue weighted by Gasteiger charge is -2.35. The Morgan fingerprint density at radius 3 is 2.60 bits per heavy atom. The van der Waals surface area contributed by atoms with Gasteiger partial charge in [-0.05, 0) is 13.3 Å². The van der Waals surface area contributed by atoms with Crippen LogP contribution in [0.5, 0.6) is 0 Å². The lowest BCUT2D eigenvalue weighted by atomic mass is 10.0. The number of aliphatic hydroxyl groups is 2. The van der Waals surface area contributed by atoms with Gasteiger partial charge in [0.1, 0.15) is 0 Å². The van der Waals surface area contributed by atoms with Crippen LogP contribution < -0.4 is 0 Å². The molecule has 0 aromatic rings. The Labute approximate surface area is 74.5 Å². The summed E-state index contributed by atoms with van der Waals surface area (Å²) in [6.45, 7) is 2.78. The molecule has 1 aliphatic rings. The first kappa shape index (κ1) is 8.70. The van der Waals surface area contributed by atoms with Crippen molar-refractivity contribution >= 4 is 22.9 Å². The molecule has 1 aliphatic heterocycles. The average molecular weight is 257 g/mol. The van der Waals surface area contributed by atoms with Crippen molar-refractivity contribution in [3.8, 4) is 0 Å². The molecule has 60 valence electrons. The minimum atomic E-state index is -0.578. The van der Waals surface area contributed by atoms with Crippen LogP contribution in [0.25, 0.3) is 0 Å². The van der Waals surface area contributed by atoms with E-state index >= 15 is 0 Å². The predicted molar refractivity (Wildman–Crippen MR) is 46.8 cm³/mol. The Morgan fingerprint density at radius 2 is 2.10 bits per heavy atom. The van der Waals surface area contributed by atoms with E-state index in [1.165, 1.54) is 0 Å². The first-order valence-electron chi connectivity index (χ1n) is 3.41. The van der Waals surface area contributed by atoms with Crippen molar-refractivity contribution in [1.82, 2.24) is 3.11 Å². The minimum Gasteiger partial charge on any atom is -0.390 e. The van der Waals surface area contributed by atoms with Crippen molar-refractivity contribution in [2.45, 2.75) is 31.6 Å². The molecule has 0 aromatic carbocycles. The molecule has 2 N–H and O–H groups in total. The Morgan fingerprint density at radius 1 is 1.50 bits per heavy atom. The highest BCUT2D eigenvalue weighted by Gasteiger charge is 2.31. The molecule has 0 saturated carbocycles. The van der Waals surface area contributed by atoms with Crippen molar-refractivity contribution in [2.24, 2.45) is 0 Å². The van der Waals surface area contributed by atoms with Crippen LogP contribution in [0, 0.1) is 0 Å². The number of halogens is 1. The highest BCUT2D eigenvalue weighted by Crippen LogP contribution is 2.20. The van der Waals surface area contributed by atoms with Gasteiger partial charge in [0.25, 0.3) is 0 Å². The van der Waals surface area contributed by atoms with E-state index in [4.69, 9.17) is 0 Å². The molecule has 0 amide bonds. The van der Waals surface area contributed by atoms with Crippen LogP contribution in [-0.2, 0) is 0 Å². The Kier molecular flexibility index (Phi) is 2.91. The van der Waals surface area contributed by atoms with Gasteiger partial charge < -0.3 is 10.2 Å². The smallest absolute Gasteiger partial charge is 0.0959 e. The van der Waals surface area contributed by atoms with Gasteiger partial charge in [-0.25, -0.2) is 3.11 Å². The Balaban J connectivity index is 2.52. The fourth-order valence-corrected chi connectivity index (χ4v) is 1.73. The summed E-state index contributed by atoms with van der Waals surface area (Å²) in [4.78, 5) is 0. The zero-order chi connectivity index (χ0) is 7.72. The molecule has 1 heterocycles. The summed E-state index contributed by atoms with van der Waals surface area (Å²) in [5, 5.41) is 18.5. The molecule has 1 saturated heterocycles. The number of aliphatic hydroxyl groups excluding tert-OH is 2. The second kappa shape index (κ2) is 3.34. The van der Waals surface area contributed by atoms with Gasteiger partial charge >= 0.3 is 0 Å². The minimum absolute atomic E-state index is 0.0735. The van der Waals surface area contributed by atoms with Gasteiger partial charge in [-0.1, -0.05) is 0 Å². The van der Waals surface area contributed by atoms with Crippen LogP contribution in [0.1, 0.15) is 13.3 Å². The molecule has 3 unspecified atom stereocenters. The van der Waals surface area contributed by atoms with Crippen molar-refractivity contribution in [1.29, 1.82) is 0 Å². The number of hydrogen-bond donors (Lipinski definition) is 2. The number of rotatable bonds is 0. The van der Waals surface area contributed by atoms with Crippen molar-refractivity contribution in [2.75, 3.05) is 6.54 Å². The van der Waals surface area contributed by atoms with Crippen LogP contribution in [-0.4, -0.2) is 38.1 Å². The molecule has 0 radical (unpaired) electrons. The number of piperidine rings is 1. The van der Waals surface area contributed by atoms with E-state index in [1.54, 1.807) is 0 Å². The van der Waals surface area contributed by atoms with Gasteiger partial charge in [-0.15, -0.1) is 0 Å². The lowest BCUT2D eigenvalue weighted by Crippen LogP contribution is -2.49. The summed E-state index contributed by atoms with van der Waals surface area (Å²) < 4.78 is 2.02. The zero-order valence-electron chi connectivity index (χ0n) is 5.87. The summed E-state index contributed by atoms with van der Waals surface area (Å²) in [5.74, 6) is 0. The second-order valence-corrected chi connectivity index (χ2v) is 3.95. The van der Waals surface area contributed by atoms with E-state index in [0.29, 0.717) is 6.42 Å². The molecule has 0 bridgehead atoms. The van der Waals surface area contributed by atoms with E-state index in [2.05, 4.69) is 22.9 Å². The first-order valence-corrected chi connectivity index (χ1v) is 4.38. The van der Waals surface area contributed by atoms with Gasteiger partial charge in [-0.3, -0.25) is 0 Å². The normalized spacial score (nSPS) is 43.8. The fraction of sp³-hybridized carbons (Fsp3) is 1.00. The standard InChI is InChI=1S/C6H12INO2/c1-4-6(10)5(9)2-3-8(4)7/h4-6,9-10H,2-3H2,1H3. The largest absolute Gasteiger partial charge is 0.390 e. The first-order chi connectivity index (χ1) is 4.63. The van der Waals surface area contributed by atoms with Gasteiger partial charge in [0.05, 0.1) is 12.2 Å². The summed E-state index contributed by atoms with van der Waals surface area (Å²) in [6, 6.07) is 0.0735. The predicted octanol–water partition coefficient (Wildman–Crippen LogP) is 0.152. The highest BCUT2D eigenvalue weighted by atomic mass is 127. The molecule has 3 nitrogen and oxygen atoms in total. The van der Waals surface area contributed by atoms with E-state index in [1.807, 2.05) is 10.0 Å². The maximum Gasteiger partial charge on any atom is 0.0959 e. The quantitative estimate of drug-likeness (QED) is 0.479. The zero-order valence-corrected chi connectivity index (χ0v) is 8.02. The van der Waals surface area contributed by atoms with E-state index in [-0.39, 0.29) is 6.04 Å². The third kappa shape index (κ3) is 1.61. The van der Waals surface area contributed by atoms with Crippen molar-refractivity contribution in [3.63, 3.8) is 0 Å². The SMILES string of the molecule is CC1C(O)C(O)CCN1I. The molecule has 10 heavy (non-hydrogen) atoms. The third-order valence-corrected chi connectivity index (χ3v) is 3.33. The molecule has 0 aliphatic carbocycles. The summed E-state index contributed by atoms with van der Waals surface area (Å²) in [6.07, 6.45) is -0.430. The molecular weight excluding hydrogens is 245 g/mol.